The minimum atomic E-state index is -1.18. The number of carboxylic acid groups (broad SMARTS) is 1. The van der Waals surface area contributed by atoms with Gasteiger partial charge in [0.1, 0.15) is 5.82 Å². The van der Waals surface area contributed by atoms with E-state index >= 15 is 0 Å². The van der Waals surface area contributed by atoms with Crippen LogP contribution in [0, 0.1) is 17.7 Å². The Kier molecular flexibility index (Phi) is 4.14. The van der Waals surface area contributed by atoms with Gasteiger partial charge in [0.05, 0.1) is 0 Å². The van der Waals surface area contributed by atoms with E-state index in [2.05, 4.69) is 5.32 Å². The van der Waals surface area contributed by atoms with Gasteiger partial charge in [-0.3, -0.25) is 4.79 Å². The lowest BCUT2D eigenvalue weighted by Gasteiger charge is -2.31. The minimum Gasteiger partial charge on any atom is -0.550 e. The van der Waals surface area contributed by atoms with Crippen molar-refractivity contribution in [3.05, 3.63) is 30.1 Å². The Labute approximate surface area is 110 Å². The van der Waals surface area contributed by atoms with Gasteiger partial charge in [0.15, 0.2) is 0 Å². The smallest absolute Gasteiger partial charge is 0.228 e. The van der Waals surface area contributed by atoms with E-state index in [0.29, 0.717) is 18.5 Å². The molecule has 0 radical (unpaired) electrons. The van der Waals surface area contributed by atoms with Crippen LogP contribution in [-0.2, 0) is 9.59 Å². The normalized spacial score (nSPS) is 22.8. The van der Waals surface area contributed by atoms with E-state index in [1.165, 1.54) is 18.2 Å². The monoisotopic (exact) mass is 264 g/mol. The third-order valence-electron chi connectivity index (χ3n) is 3.50. The molecule has 0 aliphatic heterocycles. The number of halogens is 1. The van der Waals surface area contributed by atoms with Gasteiger partial charge in [-0.05, 0) is 31.0 Å². The number of nitrogens with one attached hydrogen (secondary N) is 1. The maximum absolute atomic E-state index is 13.0. The number of aliphatic carboxylic acids is 1. The number of rotatable bonds is 3. The Morgan fingerprint density at radius 3 is 2.53 bits per heavy atom. The van der Waals surface area contributed by atoms with Crippen LogP contribution in [0.2, 0.25) is 0 Å². The lowest BCUT2D eigenvalue weighted by molar-refractivity contribution is -0.313. The van der Waals surface area contributed by atoms with Crippen LogP contribution in [0.4, 0.5) is 10.1 Å². The van der Waals surface area contributed by atoms with Crippen molar-refractivity contribution in [3.63, 3.8) is 0 Å². The molecule has 0 heterocycles. The number of carbonyl (C=O) groups excluding carboxylic acids is 2. The summed E-state index contributed by atoms with van der Waals surface area (Å²) in [5.41, 5.74) is 0.340. The highest BCUT2D eigenvalue weighted by Gasteiger charge is 2.31. The molecule has 1 saturated carbocycles. The van der Waals surface area contributed by atoms with Gasteiger partial charge in [-0.1, -0.05) is 18.9 Å². The number of carboxylic acids is 1. The first-order valence-corrected chi connectivity index (χ1v) is 6.35. The van der Waals surface area contributed by atoms with Gasteiger partial charge in [-0.2, -0.15) is 0 Å². The number of hydrogen-bond acceptors (Lipinski definition) is 3. The molecule has 0 spiro atoms. The van der Waals surface area contributed by atoms with E-state index in [4.69, 9.17) is 0 Å². The molecule has 1 aliphatic rings. The van der Waals surface area contributed by atoms with E-state index in [-0.39, 0.29) is 5.91 Å². The molecule has 102 valence electrons. The highest BCUT2D eigenvalue weighted by Crippen LogP contribution is 2.30. The van der Waals surface area contributed by atoms with Crippen LogP contribution in [0.3, 0.4) is 0 Å². The Bertz CT molecular complexity index is 489. The average Bonchev–Trinajstić information content (AvgIpc) is 2.38. The van der Waals surface area contributed by atoms with Crippen molar-refractivity contribution in [3.8, 4) is 0 Å². The van der Waals surface area contributed by atoms with Crippen LogP contribution in [0.25, 0.3) is 0 Å². The van der Waals surface area contributed by atoms with E-state index in [1.54, 1.807) is 6.07 Å². The Morgan fingerprint density at radius 2 is 1.89 bits per heavy atom. The topological polar surface area (TPSA) is 69.2 Å². The first-order chi connectivity index (χ1) is 9.08. The van der Waals surface area contributed by atoms with E-state index < -0.39 is 23.6 Å². The summed E-state index contributed by atoms with van der Waals surface area (Å²) in [7, 11) is 0. The molecule has 1 fully saturated rings. The van der Waals surface area contributed by atoms with Gasteiger partial charge in [-0.25, -0.2) is 4.39 Å². The number of anilines is 1. The van der Waals surface area contributed by atoms with E-state index in [0.717, 1.165) is 12.8 Å². The maximum atomic E-state index is 13.0. The van der Waals surface area contributed by atoms with Gasteiger partial charge in [0.25, 0.3) is 0 Å². The van der Waals surface area contributed by atoms with Crippen molar-refractivity contribution >= 4 is 17.6 Å². The predicted molar refractivity (Wildman–Crippen MR) is 65.5 cm³/mol. The quantitative estimate of drug-likeness (QED) is 0.895. The maximum Gasteiger partial charge on any atom is 0.228 e. The van der Waals surface area contributed by atoms with Crippen molar-refractivity contribution in [2.75, 3.05) is 5.32 Å². The molecule has 1 amide bonds. The number of carbonyl (C=O) groups is 2. The molecule has 0 bridgehead atoms. The molecule has 19 heavy (non-hydrogen) atoms. The zero-order chi connectivity index (χ0) is 13.8. The number of benzene rings is 1. The molecule has 1 N–H and O–H groups in total. The standard InChI is InChI=1S/C14H16FNO3/c15-9-4-3-5-10(8-9)16-13(17)11-6-1-2-7-12(11)14(18)19/h3-5,8,11-12H,1-2,6-7H2,(H,16,17)(H,18,19)/p-1. The summed E-state index contributed by atoms with van der Waals surface area (Å²) in [6, 6.07) is 5.54. The average molecular weight is 264 g/mol. The molecule has 5 heteroatoms. The van der Waals surface area contributed by atoms with Crippen molar-refractivity contribution in [1.82, 2.24) is 0 Å². The Morgan fingerprint density at radius 1 is 1.21 bits per heavy atom. The Balaban J connectivity index is 2.07. The van der Waals surface area contributed by atoms with Crippen molar-refractivity contribution < 1.29 is 19.1 Å². The summed E-state index contributed by atoms with van der Waals surface area (Å²) < 4.78 is 13.0. The lowest BCUT2D eigenvalue weighted by Crippen LogP contribution is -2.42. The van der Waals surface area contributed by atoms with Crippen LogP contribution in [0.5, 0.6) is 0 Å². The van der Waals surface area contributed by atoms with Crippen LogP contribution in [-0.4, -0.2) is 11.9 Å². The molecule has 2 atom stereocenters. The van der Waals surface area contributed by atoms with Crippen molar-refractivity contribution in [2.24, 2.45) is 11.8 Å². The van der Waals surface area contributed by atoms with E-state index in [1.807, 2.05) is 0 Å². The van der Waals surface area contributed by atoms with Gasteiger partial charge < -0.3 is 15.2 Å². The molecule has 4 nitrogen and oxygen atoms in total. The third-order valence-corrected chi connectivity index (χ3v) is 3.50. The SMILES string of the molecule is O=C([O-])C1CCCCC1C(=O)Nc1cccc(F)c1. The summed E-state index contributed by atoms with van der Waals surface area (Å²) in [5, 5.41) is 13.6. The van der Waals surface area contributed by atoms with Crippen molar-refractivity contribution in [1.29, 1.82) is 0 Å². The van der Waals surface area contributed by atoms with Gasteiger partial charge in [-0.15, -0.1) is 0 Å². The fourth-order valence-electron chi connectivity index (χ4n) is 2.53. The second-order valence-corrected chi connectivity index (χ2v) is 4.82. The summed E-state index contributed by atoms with van der Waals surface area (Å²) in [6.07, 6.45) is 2.61. The molecular weight excluding hydrogens is 249 g/mol. The summed E-state index contributed by atoms with van der Waals surface area (Å²) in [4.78, 5) is 23.1. The first-order valence-electron chi connectivity index (χ1n) is 6.35. The summed E-state index contributed by atoms with van der Waals surface area (Å²) in [5.74, 6) is -3.35. The molecule has 0 aromatic heterocycles. The van der Waals surface area contributed by atoms with Crippen LogP contribution in [0.15, 0.2) is 24.3 Å². The molecule has 0 saturated heterocycles. The minimum absolute atomic E-state index is 0.340. The molecule has 2 unspecified atom stereocenters. The Hall–Kier alpha value is -1.91. The third kappa shape index (κ3) is 3.30. The summed E-state index contributed by atoms with van der Waals surface area (Å²) in [6.45, 7) is 0. The lowest BCUT2D eigenvalue weighted by atomic mass is 9.78. The molecule has 1 aromatic carbocycles. The van der Waals surface area contributed by atoms with Crippen LogP contribution < -0.4 is 10.4 Å². The predicted octanol–water partition coefficient (Wildman–Crippen LogP) is 1.32. The van der Waals surface area contributed by atoms with Crippen LogP contribution in [0.1, 0.15) is 25.7 Å². The highest BCUT2D eigenvalue weighted by atomic mass is 19.1. The zero-order valence-corrected chi connectivity index (χ0v) is 10.4. The zero-order valence-electron chi connectivity index (χ0n) is 10.4. The second-order valence-electron chi connectivity index (χ2n) is 4.82. The number of hydrogen-bond donors (Lipinski definition) is 1. The fourth-order valence-corrected chi connectivity index (χ4v) is 2.53. The van der Waals surface area contributed by atoms with E-state index in [9.17, 15) is 19.1 Å². The molecular formula is C14H15FNO3-. The van der Waals surface area contributed by atoms with Crippen molar-refractivity contribution in [2.45, 2.75) is 25.7 Å². The molecule has 1 aliphatic carbocycles. The fraction of sp³-hybridized carbons (Fsp3) is 0.429. The van der Waals surface area contributed by atoms with Gasteiger partial charge >= 0.3 is 0 Å². The molecule has 2 rings (SSSR count). The van der Waals surface area contributed by atoms with Gasteiger partial charge in [0.2, 0.25) is 5.91 Å². The second kappa shape index (κ2) is 5.82. The van der Waals surface area contributed by atoms with Gasteiger partial charge in [0, 0.05) is 23.5 Å². The largest absolute Gasteiger partial charge is 0.550 e. The number of amides is 1. The van der Waals surface area contributed by atoms with Crippen LogP contribution >= 0.6 is 0 Å². The summed E-state index contributed by atoms with van der Waals surface area (Å²) >= 11 is 0. The highest BCUT2D eigenvalue weighted by molar-refractivity contribution is 5.94. The molecule has 1 aromatic rings. The first kappa shape index (κ1) is 13.5.